The third-order valence-electron chi connectivity index (χ3n) is 4.83. The van der Waals surface area contributed by atoms with Gasteiger partial charge in [-0.25, -0.2) is 5.09 Å². The molecular formula is C23H33F3NO6P. The second kappa shape index (κ2) is 13.3. The van der Waals surface area contributed by atoms with Crippen molar-refractivity contribution in [3.63, 3.8) is 0 Å². The van der Waals surface area contributed by atoms with E-state index in [0.29, 0.717) is 13.0 Å². The molecule has 7 nitrogen and oxygen atoms in total. The molecule has 1 N–H and O–H groups in total. The van der Waals surface area contributed by atoms with Crippen LogP contribution in [0.2, 0.25) is 0 Å². The van der Waals surface area contributed by atoms with Crippen LogP contribution in [-0.2, 0) is 23.6 Å². The molecule has 1 aliphatic rings. The number of ether oxygens (including phenoxy) is 3. The van der Waals surface area contributed by atoms with E-state index in [0.717, 1.165) is 18.9 Å². The fourth-order valence-electron chi connectivity index (χ4n) is 3.16. The first-order chi connectivity index (χ1) is 16.0. The number of rotatable bonds is 12. The Hall–Kier alpha value is -1.87. The van der Waals surface area contributed by atoms with Crippen LogP contribution >= 0.6 is 7.52 Å². The molecule has 0 amide bonds. The summed E-state index contributed by atoms with van der Waals surface area (Å²) in [6.45, 7) is 4.60. The number of halogens is 3. The first kappa shape index (κ1) is 28.4. The summed E-state index contributed by atoms with van der Waals surface area (Å²) in [5, 5.41) is 2.64. The molecule has 0 aliphatic carbocycles. The summed E-state index contributed by atoms with van der Waals surface area (Å²) in [6, 6.07) is 7.23. The van der Waals surface area contributed by atoms with Gasteiger partial charge < -0.3 is 18.7 Å². The van der Waals surface area contributed by atoms with Crippen LogP contribution in [0.3, 0.4) is 0 Å². The molecule has 1 aliphatic heterocycles. The van der Waals surface area contributed by atoms with Crippen molar-refractivity contribution in [3.8, 4) is 5.75 Å². The molecule has 34 heavy (non-hydrogen) atoms. The Morgan fingerprint density at radius 1 is 1.24 bits per heavy atom. The molecule has 0 spiro atoms. The van der Waals surface area contributed by atoms with Gasteiger partial charge in [-0.05, 0) is 58.6 Å². The Bertz CT molecular complexity index is 841. The van der Waals surface area contributed by atoms with E-state index < -0.39 is 44.2 Å². The van der Waals surface area contributed by atoms with Crippen molar-refractivity contribution in [2.45, 2.75) is 71.1 Å². The lowest BCUT2D eigenvalue weighted by Gasteiger charge is -2.25. The van der Waals surface area contributed by atoms with Crippen molar-refractivity contribution in [3.05, 3.63) is 42.0 Å². The molecule has 11 heteroatoms. The van der Waals surface area contributed by atoms with Gasteiger partial charge in [0.1, 0.15) is 11.8 Å². The number of para-hydroxylation sites is 1. The van der Waals surface area contributed by atoms with Crippen LogP contribution in [0.25, 0.3) is 0 Å². The van der Waals surface area contributed by atoms with Crippen molar-refractivity contribution < 1.29 is 41.3 Å². The van der Waals surface area contributed by atoms with Crippen LogP contribution in [0.4, 0.5) is 13.2 Å². The quantitative estimate of drug-likeness (QED) is 0.224. The van der Waals surface area contributed by atoms with E-state index in [1.807, 2.05) is 0 Å². The zero-order chi connectivity index (χ0) is 25.2. The van der Waals surface area contributed by atoms with Gasteiger partial charge in [-0.15, -0.1) is 0 Å². The number of alkyl halides is 3. The summed E-state index contributed by atoms with van der Waals surface area (Å²) in [5.41, 5.74) is -0.889. The number of carbonyl (C=O) groups is 1. The Kier molecular flexibility index (Phi) is 11.1. The second-order valence-electron chi connectivity index (χ2n) is 8.26. The van der Waals surface area contributed by atoms with Crippen LogP contribution in [0.15, 0.2) is 42.0 Å². The topological polar surface area (TPSA) is 83.1 Å². The minimum absolute atomic E-state index is 0.215. The maximum atomic E-state index is 13.5. The van der Waals surface area contributed by atoms with E-state index >= 15 is 0 Å². The minimum atomic E-state index is -4.61. The molecule has 192 valence electrons. The molecule has 1 aromatic rings. The predicted molar refractivity (Wildman–Crippen MR) is 122 cm³/mol. The molecule has 2 rings (SSSR count). The fraction of sp³-hybridized carbons (Fsp3) is 0.609. The van der Waals surface area contributed by atoms with Gasteiger partial charge in [0.25, 0.3) is 0 Å². The minimum Gasteiger partial charge on any atom is -0.462 e. The number of hydrogen-bond donors (Lipinski definition) is 1. The van der Waals surface area contributed by atoms with Gasteiger partial charge in [0.15, 0.2) is 6.29 Å². The molecule has 1 heterocycles. The molecule has 1 fully saturated rings. The van der Waals surface area contributed by atoms with Crippen molar-refractivity contribution >= 4 is 13.5 Å². The third kappa shape index (κ3) is 10.2. The first-order valence-corrected chi connectivity index (χ1v) is 13.1. The molecular weight excluding hydrogens is 474 g/mol. The highest BCUT2D eigenvalue weighted by atomic mass is 31.2. The van der Waals surface area contributed by atoms with Crippen LogP contribution in [0.5, 0.6) is 5.75 Å². The number of hydrogen-bond acceptors (Lipinski definition) is 6. The van der Waals surface area contributed by atoms with Gasteiger partial charge >= 0.3 is 19.7 Å². The Morgan fingerprint density at radius 2 is 1.94 bits per heavy atom. The largest absolute Gasteiger partial charge is 0.462 e. The Balaban J connectivity index is 2.10. The van der Waals surface area contributed by atoms with Crippen molar-refractivity contribution in [1.29, 1.82) is 0 Å². The maximum absolute atomic E-state index is 13.5. The molecule has 0 radical (unpaired) electrons. The number of allylic oxidation sites excluding steroid dienone is 1. The zero-order valence-electron chi connectivity index (χ0n) is 19.7. The SMILES string of the molecule is CC(C)OC(=O)[C@H](C)NP(=O)(CCC=C(COC1CCCCO1)C(F)(F)F)Oc1ccccc1. The average molecular weight is 507 g/mol. The summed E-state index contributed by atoms with van der Waals surface area (Å²) >= 11 is 0. The highest BCUT2D eigenvalue weighted by molar-refractivity contribution is 7.57. The van der Waals surface area contributed by atoms with Crippen molar-refractivity contribution in [1.82, 2.24) is 5.09 Å². The lowest BCUT2D eigenvalue weighted by atomic mass is 10.2. The third-order valence-corrected chi connectivity index (χ3v) is 6.97. The standard InChI is InChI=1S/C23H33F3NO6P/c1-17(2)32-22(28)18(3)27-34(29,33-20-11-5-4-6-12-20)15-9-10-19(23(24,25)26)16-31-21-13-7-8-14-30-21/h4-6,10-12,17-18,21H,7-9,13-16H2,1-3H3,(H,27,29)/t18-,21?,34?/m0/s1. The number of benzene rings is 1. The number of carbonyl (C=O) groups excluding carboxylic acids is 1. The molecule has 2 unspecified atom stereocenters. The van der Waals surface area contributed by atoms with Gasteiger partial charge in [0.05, 0.1) is 24.4 Å². The lowest BCUT2D eigenvalue weighted by Crippen LogP contribution is -2.36. The van der Waals surface area contributed by atoms with Crippen LogP contribution in [-0.4, -0.2) is 50.0 Å². The van der Waals surface area contributed by atoms with Crippen LogP contribution in [0.1, 0.15) is 46.5 Å². The van der Waals surface area contributed by atoms with Gasteiger partial charge in [-0.3, -0.25) is 9.36 Å². The average Bonchev–Trinajstić information content (AvgIpc) is 2.76. The summed E-state index contributed by atoms with van der Waals surface area (Å²) in [7, 11) is -3.78. The normalized spacial score (nSPS) is 20.0. The van der Waals surface area contributed by atoms with Gasteiger partial charge in [0.2, 0.25) is 0 Å². The summed E-state index contributed by atoms with van der Waals surface area (Å²) in [6.07, 6.45) is -2.97. The first-order valence-electron chi connectivity index (χ1n) is 11.3. The van der Waals surface area contributed by atoms with E-state index in [-0.39, 0.29) is 24.4 Å². The molecule has 0 saturated carbocycles. The van der Waals surface area contributed by atoms with E-state index in [2.05, 4.69) is 5.09 Å². The molecule has 0 bridgehead atoms. The number of nitrogens with one attached hydrogen (secondary N) is 1. The molecule has 3 atom stereocenters. The predicted octanol–water partition coefficient (Wildman–Crippen LogP) is 5.61. The summed E-state index contributed by atoms with van der Waals surface area (Å²) in [5.74, 6) is -0.375. The Morgan fingerprint density at radius 3 is 2.53 bits per heavy atom. The Labute approximate surface area is 198 Å². The molecule has 1 saturated heterocycles. The lowest BCUT2D eigenvalue weighted by molar-refractivity contribution is -0.169. The van der Waals surface area contributed by atoms with Crippen molar-refractivity contribution in [2.75, 3.05) is 19.4 Å². The smallest absolute Gasteiger partial charge is 0.414 e. The van der Waals surface area contributed by atoms with E-state index in [1.54, 1.807) is 44.2 Å². The van der Waals surface area contributed by atoms with E-state index in [9.17, 15) is 22.5 Å². The van der Waals surface area contributed by atoms with Crippen LogP contribution < -0.4 is 9.61 Å². The maximum Gasteiger partial charge on any atom is 0.414 e. The molecule has 0 aromatic heterocycles. The fourth-order valence-corrected chi connectivity index (χ4v) is 5.06. The van der Waals surface area contributed by atoms with E-state index in [4.69, 9.17) is 18.7 Å². The van der Waals surface area contributed by atoms with E-state index in [1.165, 1.54) is 6.92 Å². The zero-order valence-corrected chi connectivity index (χ0v) is 20.6. The van der Waals surface area contributed by atoms with Gasteiger partial charge in [0, 0.05) is 6.61 Å². The van der Waals surface area contributed by atoms with Gasteiger partial charge in [-0.1, -0.05) is 24.3 Å². The van der Waals surface area contributed by atoms with Crippen LogP contribution in [0, 0.1) is 0 Å². The summed E-state index contributed by atoms with van der Waals surface area (Å²) < 4.78 is 75.4. The van der Waals surface area contributed by atoms with Crippen molar-refractivity contribution in [2.24, 2.45) is 0 Å². The molecule has 1 aromatic carbocycles. The highest BCUT2D eigenvalue weighted by Crippen LogP contribution is 2.44. The monoisotopic (exact) mass is 507 g/mol. The number of esters is 1. The van der Waals surface area contributed by atoms with Gasteiger partial charge in [-0.2, -0.15) is 13.2 Å². The second-order valence-corrected chi connectivity index (χ2v) is 10.5. The highest BCUT2D eigenvalue weighted by Gasteiger charge is 2.35. The summed E-state index contributed by atoms with van der Waals surface area (Å²) in [4.78, 5) is 12.2.